The molecule has 0 aliphatic rings. The van der Waals surface area contributed by atoms with Crippen LogP contribution in [0.1, 0.15) is 11.1 Å². The van der Waals surface area contributed by atoms with Gasteiger partial charge in [-0.15, -0.1) is 0 Å². The molecule has 0 bridgehead atoms. The average molecular weight is 341 g/mol. The molecule has 0 fully saturated rings. The summed E-state index contributed by atoms with van der Waals surface area (Å²) >= 11 is -2.26. The topological polar surface area (TPSA) is 74.3 Å². The Hall–Kier alpha value is -2.28. The predicted molar refractivity (Wildman–Crippen MR) is 94.2 cm³/mol. The van der Waals surface area contributed by atoms with Crippen LogP contribution in [0.4, 0.5) is 0 Å². The lowest BCUT2D eigenvalue weighted by Gasteiger charge is -2.13. The number of benzene rings is 2. The quantitative estimate of drug-likeness (QED) is 0.724. The van der Waals surface area contributed by atoms with Crippen LogP contribution in [0.5, 0.6) is 5.75 Å². The summed E-state index contributed by atoms with van der Waals surface area (Å²) in [6.45, 7) is 2.30. The molecule has 0 radical (unpaired) electrons. The van der Waals surface area contributed by atoms with Gasteiger partial charge in [0, 0.05) is 35.5 Å². The molecule has 1 N–H and O–H groups in total. The third kappa shape index (κ3) is 3.46. The number of fused-ring (bicyclic) bond motifs is 1. The minimum Gasteiger partial charge on any atom is -0.760 e. The van der Waals surface area contributed by atoms with Crippen molar-refractivity contribution < 1.29 is 13.5 Å². The maximum absolute atomic E-state index is 10.6. The molecule has 124 valence electrons. The zero-order valence-electron chi connectivity index (χ0n) is 13.4. The van der Waals surface area contributed by atoms with Crippen molar-refractivity contribution in [1.82, 2.24) is 9.71 Å². The van der Waals surface area contributed by atoms with Gasteiger partial charge >= 0.3 is 0 Å². The summed E-state index contributed by atoms with van der Waals surface area (Å²) in [4.78, 5) is 4.41. The predicted octanol–water partition coefficient (Wildman–Crippen LogP) is 3.10. The maximum atomic E-state index is 10.6. The summed E-state index contributed by atoms with van der Waals surface area (Å²) in [6, 6.07) is 13.8. The fourth-order valence-corrected chi connectivity index (χ4v) is 3.05. The van der Waals surface area contributed by atoms with Gasteiger partial charge in [0.2, 0.25) is 0 Å². The van der Waals surface area contributed by atoms with Crippen molar-refractivity contribution in [3.8, 4) is 16.9 Å². The van der Waals surface area contributed by atoms with Crippen LogP contribution in [-0.4, -0.2) is 20.9 Å². The number of methoxy groups -OCH3 is 1. The molecular weight excluding hydrogens is 324 g/mol. The van der Waals surface area contributed by atoms with Gasteiger partial charge in [0.15, 0.2) is 0 Å². The smallest absolute Gasteiger partial charge is 0.121 e. The van der Waals surface area contributed by atoms with E-state index in [-0.39, 0.29) is 6.54 Å². The molecule has 5 nitrogen and oxygen atoms in total. The molecule has 24 heavy (non-hydrogen) atoms. The molecule has 0 saturated heterocycles. The van der Waals surface area contributed by atoms with E-state index in [2.05, 4.69) is 9.71 Å². The Morgan fingerprint density at radius 2 is 2.00 bits per heavy atom. The number of hydrogen-bond donors (Lipinski definition) is 1. The van der Waals surface area contributed by atoms with Gasteiger partial charge in [-0.05, 0) is 47.4 Å². The zero-order valence-corrected chi connectivity index (χ0v) is 14.2. The number of hydrogen-bond acceptors (Lipinski definition) is 4. The van der Waals surface area contributed by atoms with Gasteiger partial charge in [-0.3, -0.25) is 9.19 Å². The first-order valence-electron chi connectivity index (χ1n) is 7.44. The van der Waals surface area contributed by atoms with Crippen molar-refractivity contribution >= 4 is 22.2 Å². The fourth-order valence-electron chi connectivity index (χ4n) is 2.77. The molecule has 0 amide bonds. The molecule has 3 rings (SSSR count). The first-order chi connectivity index (χ1) is 11.6. The van der Waals surface area contributed by atoms with Crippen molar-refractivity contribution in [2.45, 2.75) is 13.5 Å². The van der Waals surface area contributed by atoms with Gasteiger partial charge in [-0.1, -0.05) is 18.2 Å². The molecule has 0 saturated carbocycles. The molecule has 1 aromatic heterocycles. The van der Waals surface area contributed by atoms with Crippen molar-refractivity contribution in [3.63, 3.8) is 0 Å². The summed E-state index contributed by atoms with van der Waals surface area (Å²) < 4.78 is 28.9. The zero-order chi connectivity index (χ0) is 17.1. The van der Waals surface area contributed by atoms with E-state index in [4.69, 9.17) is 4.74 Å². The molecule has 0 spiro atoms. The third-order valence-electron chi connectivity index (χ3n) is 3.93. The number of ether oxygens (including phenoxy) is 1. The molecule has 1 atom stereocenters. The van der Waals surface area contributed by atoms with E-state index in [1.165, 1.54) is 0 Å². The number of pyridine rings is 1. The lowest BCUT2D eigenvalue weighted by molar-refractivity contribution is 0.415. The molecule has 2 aromatic carbocycles. The highest BCUT2D eigenvalue weighted by Crippen LogP contribution is 2.31. The summed E-state index contributed by atoms with van der Waals surface area (Å²) in [5.41, 5.74) is 5.06. The molecular formula is C18H17N2O3S-. The van der Waals surface area contributed by atoms with Crippen molar-refractivity contribution in [2.24, 2.45) is 0 Å². The normalized spacial score (nSPS) is 12.3. The van der Waals surface area contributed by atoms with Gasteiger partial charge in [0.25, 0.3) is 0 Å². The fraction of sp³-hybridized carbons (Fsp3) is 0.167. The van der Waals surface area contributed by atoms with Crippen LogP contribution in [0.25, 0.3) is 22.0 Å². The van der Waals surface area contributed by atoms with Gasteiger partial charge < -0.3 is 9.29 Å². The summed E-state index contributed by atoms with van der Waals surface area (Å²) in [5, 5.41) is 1.05. The van der Waals surface area contributed by atoms with Crippen LogP contribution in [-0.2, 0) is 17.8 Å². The average Bonchev–Trinajstić information content (AvgIpc) is 2.59. The van der Waals surface area contributed by atoms with E-state index in [9.17, 15) is 8.76 Å². The summed E-state index contributed by atoms with van der Waals surface area (Å²) in [7, 11) is 1.64. The number of nitrogens with zero attached hydrogens (tertiary/aromatic N) is 1. The van der Waals surface area contributed by atoms with Gasteiger partial charge in [-0.2, -0.15) is 0 Å². The highest BCUT2D eigenvalue weighted by molar-refractivity contribution is 7.77. The molecule has 0 aliphatic carbocycles. The second-order valence-electron chi connectivity index (χ2n) is 5.45. The molecule has 1 unspecified atom stereocenters. The van der Waals surface area contributed by atoms with Crippen LogP contribution >= 0.6 is 0 Å². The van der Waals surface area contributed by atoms with Crippen molar-refractivity contribution in [3.05, 3.63) is 59.8 Å². The van der Waals surface area contributed by atoms with Gasteiger partial charge in [0.05, 0.1) is 12.6 Å². The second kappa shape index (κ2) is 7.09. The number of aryl methyl sites for hydroxylation is 1. The van der Waals surface area contributed by atoms with Crippen LogP contribution < -0.4 is 9.46 Å². The maximum Gasteiger partial charge on any atom is 0.121 e. The van der Waals surface area contributed by atoms with Gasteiger partial charge in [0.1, 0.15) is 5.75 Å². The van der Waals surface area contributed by atoms with E-state index >= 15 is 0 Å². The third-order valence-corrected chi connectivity index (χ3v) is 4.31. The highest BCUT2D eigenvalue weighted by Gasteiger charge is 2.09. The minimum absolute atomic E-state index is 0.283. The lowest BCUT2D eigenvalue weighted by Crippen LogP contribution is -2.15. The summed E-state index contributed by atoms with van der Waals surface area (Å²) in [5.74, 6) is 0.774. The van der Waals surface area contributed by atoms with E-state index < -0.39 is 11.3 Å². The second-order valence-corrected chi connectivity index (χ2v) is 6.20. The standard InChI is InChI=1S/C18H18N2O3S/c1-12-9-13(11-20-24(21)22)3-5-15(12)16-7-8-19-18-10-14(23-2)4-6-17(16)18/h3-10,20H,11H2,1-2H3,(H,21,22)/p-1. The number of rotatable bonds is 5. The Labute approximate surface area is 143 Å². The lowest BCUT2D eigenvalue weighted by atomic mass is 9.96. The SMILES string of the molecule is COc1ccc2c(-c3ccc(CNS(=O)[O-])cc3C)ccnc2c1. The first-order valence-corrected chi connectivity index (χ1v) is 8.51. The van der Waals surface area contributed by atoms with Crippen LogP contribution in [0, 0.1) is 6.92 Å². The Bertz CT molecular complexity index is 912. The monoisotopic (exact) mass is 341 g/mol. The van der Waals surface area contributed by atoms with Crippen LogP contribution in [0.3, 0.4) is 0 Å². The highest BCUT2D eigenvalue weighted by atomic mass is 32.2. The Morgan fingerprint density at radius 1 is 1.17 bits per heavy atom. The largest absolute Gasteiger partial charge is 0.760 e. The van der Waals surface area contributed by atoms with Crippen molar-refractivity contribution in [1.29, 1.82) is 0 Å². The van der Waals surface area contributed by atoms with E-state index in [0.717, 1.165) is 38.9 Å². The van der Waals surface area contributed by atoms with Gasteiger partial charge in [-0.25, -0.2) is 4.72 Å². The minimum atomic E-state index is -2.26. The molecule has 6 heteroatoms. The number of nitrogens with one attached hydrogen (secondary N) is 1. The molecule has 0 aliphatic heterocycles. The van der Waals surface area contributed by atoms with E-state index in [0.29, 0.717) is 0 Å². The Kier molecular flexibility index (Phi) is 4.89. The van der Waals surface area contributed by atoms with Crippen molar-refractivity contribution in [2.75, 3.05) is 7.11 Å². The first kappa shape index (κ1) is 16.6. The molecule has 3 aromatic rings. The Morgan fingerprint density at radius 3 is 2.71 bits per heavy atom. The van der Waals surface area contributed by atoms with E-state index in [1.54, 1.807) is 13.3 Å². The molecule has 1 heterocycles. The number of aromatic nitrogens is 1. The Balaban J connectivity index is 2.02. The summed E-state index contributed by atoms with van der Waals surface area (Å²) in [6.07, 6.45) is 1.78. The van der Waals surface area contributed by atoms with Crippen LogP contribution in [0.15, 0.2) is 48.7 Å². The van der Waals surface area contributed by atoms with Crippen LogP contribution in [0.2, 0.25) is 0 Å². The van der Waals surface area contributed by atoms with E-state index in [1.807, 2.05) is 49.4 Å².